The van der Waals surface area contributed by atoms with Crippen molar-refractivity contribution in [1.29, 1.82) is 0 Å². The predicted molar refractivity (Wildman–Crippen MR) is 147 cm³/mol. The smallest absolute Gasteiger partial charge is 0.343 e. The van der Waals surface area contributed by atoms with Gasteiger partial charge in [-0.3, -0.25) is 4.79 Å². The second kappa shape index (κ2) is 12.7. The molecule has 7 nitrogen and oxygen atoms in total. The van der Waals surface area contributed by atoms with Crippen LogP contribution in [0.4, 0.5) is 0 Å². The first-order valence-corrected chi connectivity index (χ1v) is 12.8. The summed E-state index contributed by atoms with van der Waals surface area (Å²) >= 11 is 0. The first-order chi connectivity index (χ1) is 18.9. The zero-order valence-corrected chi connectivity index (χ0v) is 21.8. The molecule has 0 bridgehead atoms. The molecule has 0 fully saturated rings. The van der Waals surface area contributed by atoms with E-state index in [1.165, 1.54) is 0 Å². The van der Waals surface area contributed by atoms with Crippen molar-refractivity contribution in [3.8, 4) is 28.4 Å². The van der Waals surface area contributed by atoms with Crippen molar-refractivity contribution in [1.82, 2.24) is 0 Å². The van der Waals surface area contributed by atoms with Crippen LogP contribution in [0.3, 0.4) is 0 Å². The Morgan fingerprint density at radius 3 is 2.03 bits per heavy atom. The van der Waals surface area contributed by atoms with Crippen molar-refractivity contribution in [2.45, 2.75) is 38.5 Å². The van der Waals surface area contributed by atoms with Crippen LogP contribution in [0.5, 0.6) is 17.2 Å². The number of carbonyl (C=O) groups excluding carboxylic acids is 3. The highest BCUT2D eigenvalue weighted by Crippen LogP contribution is 2.47. The monoisotopic (exact) mass is 526 g/mol. The van der Waals surface area contributed by atoms with Crippen LogP contribution >= 0.6 is 0 Å². The zero-order valence-electron chi connectivity index (χ0n) is 21.8. The minimum absolute atomic E-state index is 0.0356. The molecule has 0 saturated carbocycles. The molecular formula is C32H30O7. The summed E-state index contributed by atoms with van der Waals surface area (Å²) in [6, 6.07) is 17.9. The van der Waals surface area contributed by atoms with Crippen LogP contribution in [-0.2, 0) is 14.3 Å². The van der Waals surface area contributed by atoms with E-state index in [0.29, 0.717) is 35.8 Å². The lowest BCUT2D eigenvalue weighted by atomic mass is 9.99. The molecule has 1 aliphatic rings. The van der Waals surface area contributed by atoms with Gasteiger partial charge in [0.05, 0.1) is 18.4 Å². The number of unbranched alkanes of at least 4 members (excludes halogenated alkanes) is 2. The van der Waals surface area contributed by atoms with Gasteiger partial charge in [0.25, 0.3) is 0 Å². The molecule has 0 N–H and O–H groups in total. The van der Waals surface area contributed by atoms with Gasteiger partial charge in [0.15, 0.2) is 0 Å². The number of rotatable bonds is 12. The molecule has 1 aliphatic carbocycles. The van der Waals surface area contributed by atoms with Crippen LogP contribution in [0, 0.1) is 0 Å². The zero-order chi connectivity index (χ0) is 27.8. The van der Waals surface area contributed by atoms with Gasteiger partial charge < -0.3 is 18.9 Å². The highest BCUT2D eigenvalue weighted by atomic mass is 16.5. The van der Waals surface area contributed by atoms with Crippen molar-refractivity contribution in [2.75, 3.05) is 6.61 Å². The third-order valence-electron chi connectivity index (χ3n) is 6.46. The minimum atomic E-state index is -0.507. The molecule has 0 aromatic heterocycles. The standard InChI is InChI=1S/C32H30O7/c1-4-30(33)38-24-14-16-26-27-17-15-25(20-29(27)21(3)28(26)19-24)39-32(35)22-10-12-23(13-11-22)37-18-8-6-7-9-31(34)36-5-2/h4-5,10-17,19-21H,1-2,6-9,18H2,3H3. The van der Waals surface area contributed by atoms with E-state index >= 15 is 0 Å². The fraction of sp³-hybridized carbons (Fsp3) is 0.219. The number of fused-ring (bicyclic) bond motifs is 3. The van der Waals surface area contributed by atoms with Gasteiger partial charge in [-0.2, -0.15) is 0 Å². The summed E-state index contributed by atoms with van der Waals surface area (Å²) in [5, 5.41) is 0. The number of hydrogen-bond acceptors (Lipinski definition) is 7. The van der Waals surface area contributed by atoms with E-state index in [0.717, 1.165) is 53.9 Å². The molecule has 0 heterocycles. The van der Waals surface area contributed by atoms with E-state index in [9.17, 15) is 14.4 Å². The van der Waals surface area contributed by atoms with Gasteiger partial charge in [-0.05, 0) is 90.0 Å². The van der Waals surface area contributed by atoms with E-state index in [1.54, 1.807) is 36.4 Å². The van der Waals surface area contributed by atoms with Crippen LogP contribution in [-0.4, -0.2) is 24.5 Å². The van der Waals surface area contributed by atoms with E-state index in [1.807, 2.05) is 24.3 Å². The van der Waals surface area contributed by atoms with Crippen molar-refractivity contribution in [3.05, 3.63) is 103 Å². The summed E-state index contributed by atoms with van der Waals surface area (Å²) in [6.45, 7) is 9.36. The van der Waals surface area contributed by atoms with Gasteiger partial charge in [0, 0.05) is 18.4 Å². The van der Waals surface area contributed by atoms with E-state index < -0.39 is 11.9 Å². The first-order valence-electron chi connectivity index (χ1n) is 12.8. The Kier molecular flexibility index (Phi) is 8.94. The number of ether oxygens (including phenoxy) is 4. The first kappa shape index (κ1) is 27.4. The van der Waals surface area contributed by atoms with Gasteiger partial charge in [-0.25, -0.2) is 9.59 Å². The Morgan fingerprint density at radius 1 is 0.795 bits per heavy atom. The van der Waals surface area contributed by atoms with Gasteiger partial charge in [0.1, 0.15) is 17.2 Å². The highest BCUT2D eigenvalue weighted by Gasteiger charge is 2.27. The Balaban J connectivity index is 1.31. The molecule has 7 heteroatoms. The maximum Gasteiger partial charge on any atom is 0.343 e. The van der Waals surface area contributed by atoms with Gasteiger partial charge in [-0.1, -0.05) is 32.2 Å². The predicted octanol–water partition coefficient (Wildman–Crippen LogP) is 6.76. The maximum absolute atomic E-state index is 12.8. The SMILES string of the molecule is C=COC(=O)CCCCCOc1ccc(C(=O)Oc2ccc3c(c2)C(C)c2cc(OC(=O)C=C)ccc2-3)cc1. The third-order valence-corrected chi connectivity index (χ3v) is 6.46. The van der Waals surface area contributed by atoms with Gasteiger partial charge >= 0.3 is 17.9 Å². The molecule has 3 aromatic rings. The molecular weight excluding hydrogens is 496 g/mol. The minimum Gasteiger partial charge on any atom is -0.494 e. The molecule has 3 aromatic carbocycles. The van der Waals surface area contributed by atoms with Crippen LogP contribution in [0.1, 0.15) is 60.0 Å². The molecule has 0 amide bonds. The molecule has 4 rings (SSSR count). The maximum atomic E-state index is 12.8. The molecule has 0 spiro atoms. The molecule has 1 unspecified atom stereocenters. The normalized spacial score (nSPS) is 13.0. The fourth-order valence-electron chi connectivity index (χ4n) is 4.48. The summed E-state index contributed by atoms with van der Waals surface area (Å²) in [6.07, 6.45) is 4.98. The number of esters is 3. The topological polar surface area (TPSA) is 88.1 Å². The third kappa shape index (κ3) is 6.82. The lowest BCUT2D eigenvalue weighted by Crippen LogP contribution is -2.09. The van der Waals surface area contributed by atoms with Crippen molar-refractivity contribution < 1.29 is 33.3 Å². The molecule has 0 aliphatic heterocycles. The second-order valence-electron chi connectivity index (χ2n) is 9.07. The Hall–Kier alpha value is -4.65. The van der Waals surface area contributed by atoms with Crippen molar-refractivity contribution >= 4 is 17.9 Å². The van der Waals surface area contributed by atoms with E-state index in [-0.39, 0.29) is 11.9 Å². The van der Waals surface area contributed by atoms with Crippen LogP contribution in [0.25, 0.3) is 11.1 Å². The summed E-state index contributed by atoms with van der Waals surface area (Å²) in [5.41, 5.74) is 4.59. The Labute approximate surface area is 227 Å². The lowest BCUT2D eigenvalue weighted by Gasteiger charge is -2.10. The summed E-state index contributed by atoms with van der Waals surface area (Å²) in [7, 11) is 0. The molecule has 200 valence electrons. The summed E-state index contributed by atoms with van der Waals surface area (Å²) < 4.78 is 21.3. The van der Waals surface area contributed by atoms with Crippen molar-refractivity contribution in [3.63, 3.8) is 0 Å². The highest BCUT2D eigenvalue weighted by molar-refractivity contribution is 5.91. The molecule has 39 heavy (non-hydrogen) atoms. The Bertz CT molecular complexity index is 1390. The summed E-state index contributed by atoms with van der Waals surface area (Å²) in [4.78, 5) is 35.6. The lowest BCUT2D eigenvalue weighted by molar-refractivity contribution is -0.138. The number of benzene rings is 3. The second-order valence-corrected chi connectivity index (χ2v) is 9.07. The van der Waals surface area contributed by atoms with Crippen LogP contribution < -0.4 is 14.2 Å². The quantitative estimate of drug-likeness (QED) is 0.0847. The van der Waals surface area contributed by atoms with Crippen LogP contribution in [0.2, 0.25) is 0 Å². The van der Waals surface area contributed by atoms with Crippen LogP contribution in [0.15, 0.2) is 86.2 Å². The molecule has 1 atom stereocenters. The average molecular weight is 527 g/mol. The fourth-order valence-corrected chi connectivity index (χ4v) is 4.48. The average Bonchev–Trinajstić information content (AvgIpc) is 3.21. The van der Waals surface area contributed by atoms with Crippen molar-refractivity contribution in [2.24, 2.45) is 0 Å². The largest absolute Gasteiger partial charge is 0.494 e. The van der Waals surface area contributed by atoms with Gasteiger partial charge in [-0.15, -0.1) is 0 Å². The summed E-state index contributed by atoms with van der Waals surface area (Å²) in [5.74, 6) is 0.350. The number of carbonyl (C=O) groups is 3. The molecule has 0 saturated heterocycles. The number of hydrogen-bond donors (Lipinski definition) is 0. The Morgan fingerprint density at radius 2 is 1.41 bits per heavy atom. The van der Waals surface area contributed by atoms with E-state index in [4.69, 9.17) is 14.2 Å². The molecule has 0 radical (unpaired) electrons. The van der Waals surface area contributed by atoms with E-state index in [2.05, 4.69) is 24.8 Å². The van der Waals surface area contributed by atoms with Gasteiger partial charge in [0.2, 0.25) is 0 Å².